The Kier molecular flexibility index (Phi) is 10.9. The van der Waals surface area contributed by atoms with Gasteiger partial charge in [0.05, 0.1) is 31.4 Å². The van der Waals surface area contributed by atoms with Crippen molar-refractivity contribution in [1.82, 2.24) is 20.3 Å². The maximum atomic E-state index is 13.6. The van der Waals surface area contributed by atoms with Crippen molar-refractivity contribution in [3.63, 3.8) is 0 Å². The van der Waals surface area contributed by atoms with Crippen LogP contribution in [-0.4, -0.2) is 81.1 Å². The summed E-state index contributed by atoms with van der Waals surface area (Å²) in [5.41, 5.74) is 2.98. The third-order valence-electron chi connectivity index (χ3n) is 8.01. The van der Waals surface area contributed by atoms with Gasteiger partial charge in [0.2, 0.25) is 15.9 Å². The predicted octanol–water partition coefficient (Wildman–Crippen LogP) is 2.99. The van der Waals surface area contributed by atoms with Gasteiger partial charge in [0.1, 0.15) is 11.8 Å². The van der Waals surface area contributed by atoms with E-state index in [1.165, 1.54) is 0 Å². The van der Waals surface area contributed by atoms with E-state index in [0.29, 0.717) is 17.3 Å². The van der Waals surface area contributed by atoms with Crippen molar-refractivity contribution >= 4 is 15.9 Å². The van der Waals surface area contributed by atoms with Crippen LogP contribution in [0.3, 0.4) is 0 Å². The van der Waals surface area contributed by atoms with Gasteiger partial charge in [-0.1, -0.05) is 48.6 Å². The first-order chi connectivity index (χ1) is 20.4. The highest BCUT2D eigenvalue weighted by molar-refractivity contribution is 7.89. The molecule has 1 aliphatic heterocycles. The molecule has 5 atom stereocenters. The maximum absolute atomic E-state index is 13.6. The molecule has 0 aromatic heterocycles. The Morgan fingerprint density at radius 3 is 2.47 bits per heavy atom. The number of ether oxygens (including phenoxy) is 1. The van der Waals surface area contributed by atoms with Gasteiger partial charge in [-0.25, -0.2) is 8.42 Å². The first kappa shape index (κ1) is 32.9. The Labute approximate surface area is 250 Å². The molecule has 4 rings (SSSR count). The molecule has 1 aliphatic carbocycles. The maximum Gasteiger partial charge on any atom is 0.390 e. The third-order valence-corrected chi connectivity index (χ3v) is 9.86. The second-order valence-corrected chi connectivity index (χ2v) is 13.1. The summed E-state index contributed by atoms with van der Waals surface area (Å²) in [6.45, 7) is 0.537. The molecule has 13 heteroatoms. The summed E-state index contributed by atoms with van der Waals surface area (Å²) < 4.78 is 70.4. The highest BCUT2D eigenvalue weighted by Gasteiger charge is 2.37. The van der Waals surface area contributed by atoms with E-state index in [1.54, 1.807) is 19.3 Å². The molecule has 0 radical (unpaired) electrons. The summed E-state index contributed by atoms with van der Waals surface area (Å²) in [7, 11) is -1.71. The van der Waals surface area contributed by atoms with Crippen molar-refractivity contribution in [2.24, 2.45) is 0 Å². The van der Waals surface area contributed by atoms with Crippen LogP contribution >= 0.6 is 0 Å². The number of benzene rings is 2. The monoisotopic (exact) mass is 624 g/mol. The number of alkyl halides is 3. The van der Waals surface area contributed by atoms with Gasteiger partial charge in [-0.15, -0.1) is 0 Å². The third kappa shape index (κ3) is 8.79. The second-order valence-electron chi connectivity index (χ2n) is 10.9. The van der Waals surface area contributed by atoms with Crippen molar-refractivity contribution in [2.75, 3.05) is 33.0 Å². The van der Waals surface area contributed by atoms with E-state index in [0.717, 1.165) is 29.5 Å². The molecule has 2 aromatic rings. The van der Waals surface area contributed by atoms with Gasteiger partial charge in [0, 0.05) is 32.2 Å². The lowest BCUT2D eigenvalue weighted by atomic mass is 9.99. The average Bonchev–Trinajstić information content (AvgIpc) is 3.32. The number of carbonyl (C=O) groups excluding carboxylic acids is 1. The average molecular weight is 625 g/mol. The Morgan fingerprint density at radius 1 is 1.05 bits per heavy atom. The van der Waals surface area contributed by atoms with Crippen LogP contribution in [0.25, 0.3) is 0 Å². The van der Waals surface area contributed by atoms with E-state index < -0.39 is 52.5 Å². The molecule has 0 saturated heterocycles. The number of hydrogen-bond acceptors (Lipinski definition) is 7. The fourth-order valence-electron chi connectivity index (χ4n) is 5.53. The predicted molar refractivity (Wildman–Crippen MR) is 157 cm³/mol. The molecule has 1 amide bonds. The molecule has 2 aromatic carbocycles. The van der Waals surface area contributed by atoms with Crippen molar-refractivity contribution < 1.29 is 36.2 Å². The summed E-state index contributed by atoms with van der Waals surface area (Å²) in [6.07, 6.45) is -2.94. The molecular weight excluding hydrogens is 585 g/mol. The molecule has 0 saturated carbocycles. The molecule has 2 bridgehead atoms. The molecule has 43 heavy (non-hydrogen) atoms. The van der Waals surface area contributed by atoms with E-state index in [9.17, 15) is 31.5 Å². The van der Waals surface area contributed by atoms with E-state index in [2.05, 4.69) is 16.0 Å². The van der Waals surface area contributed by atoms with Gasteiger partial charge in [-0.3, -0.25) is 4.79 Å². The molecule has 4 N–H and O–H groups in total. The van der Waals surface area contributed by atoms with E-state index in [1.807, 2.05) is 48.5 Å². The largest absolute Gasteiger partial charge is 0.497 e. The summed E-state index contributed by atoms with van der Waals surface area (Å²) >= 11 is 0. The van der Waals surface area contributed by atoms with Crippen LogP contribution < -0.4 is 20.7 Å². The van der Waals surface area contributed by atoms with E-state index >= 15 is 0 Å². The lowest BCUT2D eigenvalue weighted by Crippen LogP contribution is -2.55. The minimum Gasteiger partial charge on any atom is -0.497 e. The van der Waals surface area contributed by atoms with Gasteiger partial charge in [0.15, 0.2) is 0 Å². The zero-order chi connectivity index (χ0) is 31.2. The van der Waals surface area contributed by atoms with Crippen molar-refractivity contribution in [3.8, 4) is 5.75 Å². The minimum absolute atomic E-state index is 0.00795. The first-order valence-corrected chi connectivity index (χ1v) is 15.8. The second kappa shape index (κ2) is 14.2. The van der Waals surface area contributed by atoms with Crippen LogP contribution in [0.15, 0.2) is 60.7 Å². The quantitative estimate of drug-likeness (QED) is 0.350. The number of nitrogens with zero attached hydrogens (tertiary/aromatic N) is 1. The molecule has 2 aliphatic rings. The number of β-amino-alcohol motifs (C(OH)–C–C–N with tert-alkyl or cyclic N) is 1. The van der Waals surface area contributed by atoms with Gasteiger partial charge in [-0.2, -0.15) is 17.5 Å². The molecule has 236 valence electrons. The minimum atomic E-state index is -4.66. The number of aliphatic hydroxyl groups is 1. The number of aliphatic hydroxyl groups excluding tert-OH is 1. The van der Waals surface area contributed by atoms with Crippen LogP contribution in [-0.2, 0) is 21.2 Å². The molecule has 0 fully saturated rings. The van der Waals surface area contributed by atoms with Crippen LogP contribution in [0.2, 0.25) is 0 Å². The Balaban J connectivity index is 1.63. The molecule has 0 spiro atoms. The number of fused-ring (bicyclic) bond motifs is 5. The van der Waals surface area contributed by atoms with Crippen LogP contribution in [0.1, 0.15) is 48.0 Å². The fourth-order valence-corrected chi connectivity index (χ4v) is 6.88. The van der Waals surface area contributed by atoms with E-state index in [4.69, 9.17) is 4.74 Å². The van der Waals surface area contributed by atoms with E-state index in [-0.39, 0.29) is 31.5 Å². The number of methoxy groups -OCH3 is 1. The van der Waals surface area contributed by atoms with Crippen LogP contribution in [0.4, 0.5) is 13.2 Å². The van der Waals surface area contributed by atoms with Crippen molar-refractivity contribution in [1.29, 1.82) is 0 Å². The zero-order valence-electron chi connectivity index (χ0n) is 24.2. The zero-order valence-corrected chi connectivity index (χ0v) is 25.0. The number of carbonyl (C=O) groups is 1. The summed E-state index contributed by atoms with van der Waals surface area (Å²) in [5, 5.41) is 21.1. The highest BCUT2D eigenvalue weighted by Crippen LogP contribution is 2.40. The van der Waals surface area contributed by atoms with Crippen LogP contribution in [0, 0.1) is 0 Å². The number of hydrogen-bond donors (Lipinski definition) is 4. The van der Waals surface area contributed by atoms with Gasteiger partial charge in [0.25, 0.3) is 0 Å². The Bertz CT molecular complexity index is 1370. The number of nitrogens with one attached hydrogen (secondary N) is 3. The first-order valence-electron chi connectivity index (χ1n) is 14.2. The molecule has 1 heterocycles. The SMILES string of the molecule is COc1ccc2c(c1)[C@H]1C[C@@H]2NCC=CC[C@H](N(C)S(=O)(=O)CCC(F)(F)F)C(=O)N[C@@H](Cc2ccccc2)[C@H](O)CN1. The summed E-state index contributed by atoms with van der Waals surface area (Å²) in [4.78, 5) is 13.6. The van der Waals surface area contributed by atoms with Gasteiger partial charge < -0.3 is 25.8 Å². The van der Waals surface area contributed by atoms with Gasteiger partial charge >= 0.3 is 6.18 Å². The number of likely N-dealkylation sites (N-methyl/N-ethyl adjacent to an activating group) is 1. The number of amides is 1. The lowest BCUT2D eigenvalue weighted by molar-refractivity contribution is -0.130. The summed E-state index contributed by atoms with van der Waals surface area (Å²) in [6, 6.07) is 12.8. The normalized spacial score (nSPS) is 25.5. The molecular formula is C30H39F3N4O5S. The summed E-state index contributed by atoms with van der Waals surface area (Å²) in [5.74, 6) is -1.16. The number of rotatable bonds is 7. The molecule has 9 nitrogen and oxygen atoms in total. The lowest BCUT2D eigenvalue weighted by Gasteiger charge is -2.31. The standard InChI is InChI=1S/C30H39F3N4O5S/c1-37(43(40,41)15-13-30(31,32)33)27-10-6-7-14-34-24-18-25(23-17-21(42-2)11-12-22(23)24)35-19-28(38)26(36-29(27)39)16-20-8-4-3-5-9-20/h3-9,11-12,17,24-28,34-35,38H,10,13-16,18-19H2,1-2H3,(H,36,39)/t24-,25+,26-,27-,28+/m0/s1. The Morgan fingerprint density at radius 2 is 1.77 bits per heavy atom. The Hall–Kier alpha value is -2.97. The van der Waals surface area contributed by atoms with Crippen molar-refractivity contribution in [3.05, 3.63) is 77.4 Å². The smallest absolute Gasteiger partial charge is 0.390 e. The van der Waals surface area contributed by atoms with Gasteiger partial charge in [-0.05, 0) is 48.1 Å². The topological polar surface area (TPSA) is 120 Å². The number of halogens is 3. The highest BCUT2D eigenvalue weighted by atomic mass is 32.2. The molecule has 0 unspecified atom stereocenters. The fraction of sp³-hybridized carbons (Fsp3) is 0.500. The number of sulfonamides is 1. The van der Waals surface area contributed by atoms with Crippen molar-refractivity contribution in [2.45, 2.75) is 62.1 Å². The van der Waals surface area contributed by atoms with Crippen LogP contribution in [0.5, 0.6) is 5.75 Å².